The molecule has 1 N–H and O–H groups in total. The Morgan fingerprint density at radius 3 is 2.65 bits per heavy atom. The smallest absolute Gasteiger partial charge is 0.290 e. The molecule has 1 aliphatic rings. The van der Waals surface area contributed by atoms with Gasteiger partial charge >= 0.3 is 0 Å². The highest BCUT2D eigenvalue weighted by Gasteiger charge is 2.43. The zero-order valence-corrected chi connectivity index (χ0v) is 18.0. The van der Waals surface area contributed by atoms with Gasteiger partial charge in [0.1, 0.15) is 5.58 Å². The fourth-order valence-electron chi connectivity index (χ4n) is 4.25. The lowest BCUT2D eigenvalue weighted by atomic mass is 9.96. The Balaban J connectivity index is 1.98. The number of methoxy groups -OCH3 is 1. The molecule has 0 saturated carbocycles. The zero-order valence-electron chi connectivity index (χ0n) is 18.0. The molecule has 1 amide bonds. The van der Waals surface area contributed by atoms with E-state index in [-0.39, 0.29) is 29.4 Å². The van der Waals surface area contributed by atoms with Crippen molar-refractivity contribution in [1.82, 2.24) is 4.90 Å². The SMILES string of the molecule is CCOc1cc(C2c3c(oc4cc(C)cc(C)c4c3=O)C(=O)N2CCOC)ccc1O. The van der Waals surface area contributed by atoms with E-state index in [9.17, 15) is 14.7 Å². The second-order valence-corrected chi connectivity index (χ2v) is 7.68. The Morgan fingerprint density at radius 1 is 1.16 bits per heavy atom. The maximum absolute atomic E-state index is 13.6. The van der Waals surface area contributed by atoms with E-state index in [4.69, 9.17) is 13.9 Å². The van der Waals surface area contributed by atoms with Crippen LogP contribution in [0.5, 0.6) is 11.5 Å². The third-order valence-corrected chi connectivity index (χ3v) is 5.55. The Kier molecular flexibility index (Phi) is 5.45. The molecule has 0 saturated heterocycles. The molecule has 0 bridgehead atoms. The largest absolute Gasteiger partial charge is 0.504 e. The standard InChI is InChI=1S/C24H25NO6/c1-5-30-17-12-15(6-7-16(17)26)21-20-22(27)19-14(3)10-13(2)11-18(19)31-23(20)24(28)25(21)8-9-29-4/h6-7,10-12,21,26H,5,8-9H2,1-4H3. The van der Waals surface area contributed by atoms with Crippen molar-refractivity contribution in [3.05, 3.63) is 68.6 Å². The normalized spacial score (nSPS) is 15.5. The number of aromatic hydroxyl groups is 1. The van der Waals surface area contributed by atoms with Crippen LogP contribution < -0.4 is 10.2 Å². The average Bonchev–Trinajstić information content (AvgIpc) is 3.00. The van der Waals surface area contributed by atoms with Crippen LogP contribution in [0, 0.1) is 13.8 Å². The minimum absolute atomic E-state index is 0.00421. The summed E-state index contributed by atoms with van der Waals surface area (Å²) >= 11 is 0. The van der Waals surface area contributed by atoms with Gasteiger partial charge in [0.25, 0.3) is 5.91 Å². The van der Waals surface area contributed by atoms with Gasteiger partial charge in [-0.15, -0.1) is 0 Å². The Labute approximate surface area is 179 Å². The van der Waals surface area contributed by atoms with Gasteiger partial charge in [-0.05, 0) is 55.7 Å². The summed E-state index contributed by atoms with van der Waals surface area (Å²) in [6.07, 6.45) is 0. The van der Waals surface area contributed by atoms with Crippen LogP contribution in [0.4, 0.5) is 0 Å². The van der Waals surface area contributed by atoms with Crippen LogP contribution in [-0.2, 0) is 4.74 Å². The van der Waals surface area contributed by atoms with Crippen LogP contribution >= 0.6 is 0 Å². The molecule has 7 heteroatoms. The predicted octanol–water partition coefficient (Wildman–Crippen LogP) is 3.71. The van der Waals surface area contributed by atoms with E-state index in [1.54, 1.807) is 30.2 Å². The lowest BCUT2D eigenvalue weighted by molar-refractivity contribution is 0.0663. The number of amides is 1. The number of phenolic OH excluding ortho intramolecular Hbond substituents is 1. The molecule has 0 aliphatic carbocycles. The molecule has 1 unspecified atom stereocenters. The van der Waals surface area contributed by atoms with Gasteiger partial charge in [-0.25, -0.2) is 0 Å². The van der Waals surface area contributed by atoms with Crippen molar-refractivity contribution in [1.29, 1.82) is 0 Å². The quantitative estimate of drug-likeness (QED) is 0.650. The number of aryl methyl sites for hydroxylation is 2. The number of carbonyl (C=O) groups excluding carboxylic acids is 1. The van der Waals surface area contributed by atoms with Crippen LogP contribution in [0.1, 0.15) is 45.8 Å². The summed E-state index contributed by atoms with van der Waals surface area (Å²) in [6.45, 7) is 6.55. The highest BCUT2D eigenvalue weighted by atomic mass is 16.5. The van der Waals surface area contributed by atoms with Crippen molar-refractivity contribution in [2.75, 3.05) is 26.9 Å². The molecule has 1 aromatic heterocycles. The van der Waals surface area contributed by atoms with Crippen LogP contribution in [0.2, 0.25) is 0 Å². The van der Waals surface area contributed by atoms with Gasteiger partial charge in [-0.3, -0.25) is 9.59 Å². The number of fused-ring (bicyclic) bond motifs is 2. The number of hydrogen-bond donors (Lipinski definition) is 1. The zero-order chi connectivity index (χ0) is 22.3. The first-order valence-electron chi connectivity index (χ1n) is 10.2. The van der Waals surface area contributed by atoms with Gasteiger partial charge in [0.15, 0.2) is 16.9 Å². The number of carbonyl (C=O) groups is 1. The second kappa shape index (κ2) is 8.07. The molecule has 1 atom stereocenters. The summed E-state index contributed by atoms with van der Waals surface area (Å²) < 4.78 is 16.7. The lowest BCUT2D eigenvalue weighted by Gasteiger charge is -2.25. The van der Waals surface area contributed by atoms with E-state index < -0.39 is 6.04 Å². The van der Waals surface area contributed by atoms with E-state index in [0.717, 1.165) is 11.1 Å². The lowest BCUT2D eigenvalue weighted by Crippen LogP contribution is -2.32. The first-order chi connectivity index (χ1) is 14.9. The minimum Gasteiger partial charge on any atom is -0.504 e. The molecule has 0 spiro atoms. The van der Waals surface area contributed by atoms with E-state index in [0.29, 0.717) is 41.1 Å². The highest BCUT2D eigenvalue weighted by Crippen LogP contribution is 2.40. The molecule has 7 nitrogen and oxygen atoms in total. The van der Waals surface area contributed by atoms with Crippen molar-refractivity contribution in [2.45, 2.75) is 26.8 Å². The summed E-state index contributed by atoms with van der Waals surface area (Å²) in [5, 5.41) is 10.6. The maximum atomic E-state index is 13.6. The van der Waals surface area contributed by atoms with E-state index in [2.05, 4.69) is 0 Å². The van der Waals surface area contributed by atoms with Crippen molar-refractivity contribution in [3.8, 4) is 11.5 Å². The topological polar surface area (TPSA) is 89.2 Å². The number of phenols is 1. The first kappa shape index (κ1) is 20.9. The van der Waals surface area contributed by atoms with Crippen molar-refractivity contribution in [3.63, 3.8) is 0 Å². The molecule has 1 aliphatic heterocycles. The van der Waals surface area contributed by atoms with E-state index >= 15 is 0 Å². The first-order valence-corrected chi connectivity index (χ1v) is 10.2. The molecule has 2 heterocycles. The van der Waals surface area contributed by atoms with Gasteiger partial charge in [-0.1, -0.05) is 12.1 Å². The van der Waals surface area contributed by atoms with Crippen molar-refractivity contribution in [2.24, 2.45) is 0 Å². The summed E-state index contributed by atoms with van der Waals surface area (Å²) in [7, 11) is 1.56. The van der Waals surface area contributed by atoms with Gasteiger partial charge in [-0.2, -0.15) is 0 Å². The third-order valence-electron chi connectivity index (χ3n) is 5.55. The van der Waals surface area contributed by atoms with Crippen LogP contribution in [0.3, 0.4) is 0 Å². The van der Waals surface area contributed by atoms with Crippen LogP contribution in [-0.4, -0.2) is 42.8 Å². The molecule has 162 valence electrons. The maximum Gasteiger partial charge on any atom is 0.290 e. The van der Waals surface area contributed by atoms with Crippen LogP contribution in [0.25, 0.3) is 11.0 Å². The molecule has 0 radical (unpaired) electrons. The molecule has 4 rings (SSSR count). The predicted molar refractivity (Wildman–Crippen MR) is 116 cm³/mol. The number of ether oxygens (including phenoxy) is 2. The summed E-state index contributed by atoms with van der Waals surface area (Å²) in [4.78, 5) is 28.5. The monoisotopic (exact) mass is 423 g/mol. The number of nitrogens with zero attached hydrogens (tertiary/aromatic N) is 1. The Bertz CT molecular complexity index is 1230. The molecular formula is C24H25NO6. The van der Waals surface area contributed by atoms with Gasteiger partial charge in [0, 0.05) is 13.7 Å². The molecule has 3 aromatic rings. The van der Waals surface area contributed by atoms with Crippen molar-refractivity contribution >= 4 is 16.9 Å². The molecule has 0 fully saturated rings. The minimum atomic E-state index is -0.668. The Morgan fingerprint density at radius 2 is 1.94 bits per heavy atom. The fourth-order valence-corrected chi connectivity index (χ4v) is 4.25. The highest BCUT2D eigenvalue weighted by molar-refractivity contribution is 5.99. The van der Waals surface area contributed by atoms with E-state index in [1.807, 2.05) is 26.8 Å². The summed E-state index contributed by atoms with van der Waals surface area (Å²) in [5.41, 5.74) is 2.88. The summed E-state index contributed by atoms with van der Waals surface area (Å²) in [6, 6.07) is 7.90. The molecule has 2 aromatic carbocycles. The second-order valence-electron chi connectivity index (χ2n) is 7.68. The van der Waals surface area contributed by atoms with Gasteiger partial charge in [0.05, 0.1) is 30.2 Å². The van der Waals surface area contributed by atoms with Gasteiger partial charge in [0.2, 0.25) is 5.76 Å². The molecular weight excluding hydrogens is 398 g/mol. The van der Waals surface area contributed by atoms with Crippen LogP contribution in [0.15, 0.2) is 39.5 Å². The fraction of sp³-hybridized carbons (Fsp3) is 0.333. The van der Waals surface area contributed by atoms with E-state index in [1.165, 1.54) is 6.07 Å². The average molecular weight is 423 g/mol. The molecule has 31 heavy (non-hydrogen) atoms. The number of benzene rings is 2. The Hall–Kier alpha value is -3.32. The number of hydrogen-bond acceptors (Lipinski definition) is 6. The third kappa shape index (κ3) is 3.45. The van der Waals surface area contributed by atoms with Crippen molar-refractivity contribution < 1.29 is 23.8 Å². The van der Waals surface area contributed by atoms with Gasteiger partial charge < -0.3 is 23.9 Å². The number of rotatable bonds is 6. The summed E-state index contributed by atoms with van der Waals surface area (Å²) in [5.74, 6) is -0.0177.